The summed E-state index contributed by atoms with van der Waals surface area (Å²) in [5, 5.41) is 15.1. The van der Waals surface area contributed by atoms with Crippen LogP contribution in [0.15, 0.2) is 48.5 Å². The SMILES string of the molecule is COc1ccc(NC(=O)c2cc(Nc3ccc(C#N)cc3)nc(C)n2)cc1Cl. The summed E-state index contributed by atoms with van der Waals surface area (Å²) < 4.78 is 5.10. The van der Waals surface area contributed by atoms with Gasteiger partial charge in [0.05, 0.1) is 23.8 Å². The number of rotatable bonds is 5. The molecule has 0 saturated heterocycles. The second-order valence-corrected chi connectivity index (χ2v) is 6.21. The van der Waals surface area contributed by atoms with Crippen molar-refractivity contribution in [2.24, 2.45) is 0 Å². The maximum absolute atomic E-state index is 12.6. The Hall–Kier alpha value is -3.63. The Kier molecular flexibility index (Phi) is 5.72. The molecule has 7 nitrogen and oxygen atoms in total. The van der Waals surface area contributed by atoms with Gasteiger partial charge >= 0.3 is 0 Å². The molecule has 28 heavy (non-hydrogen) atoms. The molecular weight excluding hydrogens is 378 g/mol. The minimum atomic E-state index is -0.394. The lowest BCUT2D eigenvalue weighted by Gasteiger charge is -2.10. The molecule has 0 aliphatic heterocycles. The smallest absolute Gasteiger partial charge is 0.274 e. The van der Waals surface area contributed by atoms with E-state index in [0.717, 1.165) is 5.69 Å². The van der Waals surface area contributed by atoms with Gasteiger partial charge in [-0.3, -0.25) is 4.79 Å². The van der Waals surface area contributed by atoms with Gasteiger partial charge in [-0.15, -0.1) is 0 Å². The third-order valence-corrected chi connectivity index (χ3v) is 4.06. The van der Waals surface area contributed by atoms with Gasteiger partial charge in [-0.05, 0) is 49.4 Å². The third-order valence-electron chi connectivity index (χ3n) is 3.77. The monoisotopic (exact) mass is 393 g/mol. The van der Waals surface area contributed by atoms with Crippen LogP contribution in [0.25, 0.3) is 0 Å². The van der Waals surface area contributed by atoms with Crippen molar-refractivity contribution in [3.63, 3.8) is 0 Å². The standard InChI is InChI=1S/C20H16ClN5O2/c1-12-23-17(20(27)26-15-7-8-18(28-2)16(21)9-15)10-19(24-12)25-14-5-3-13(11-22)4-6-14/h3-10H,1-2H3,(H,26,27)(H,23,24,25). The highest BCUT2D eigenvalue weighted by Crippen LogP contribution is 2.27. The first-order valence-corrected chi connectivity index (χ1v) is 8.64. The normalized spacial score (nSPS) is 10.1. The first kappa shape index (κ1) is 19.1. The number of methoxy groups -OCH3 is 1. The van der Waals surface area contributed by atoms with Crippen molar-refractivity contribution in [3.05, 3.63) is 70.6 Å². The number of nitrogens with zero attached hydrogens (tertiary/aromatic N) is 3. The van der Waals surface area contributed by atoms with Crippen LogP contribution in [0.1, 0.15) is 21.9 Å². The van der Waals surface area contributed by atoms with Crippen LogP contribution in [0.5, 0.6) is 5.75 Å². The number of amides is 1. The molecule has 2 N–H and O–H groups in total. The minimum Gasteiger partial charge on any atom is -0.495 e. The van der Waals surface area contributed by atoms with Gasteiger partial charge in [0, 0.05) is 17.4 Å². The molecule has 0 unspecified atom stereocenters. The summed E-state index contributed by atoms with van der Waals surface area (Å²) in [6.07, 6.45) is 0. The van der Waals surface area contributed by atoms with E-state index in [2.05, 4.69) is 26.7 Å². The molecule has 1 heterocycles. The molecule has 0 saturated carbocycles. The zero-order valence-electron chi connectivity index (χ0n) is 15.2. The summed E-state index contributed by atoms with van der Waals surface area (Å²) in [4.78, 5) is 21.1. The largest absolute Gasteiger partial charge is 0.495 e. The van der Waals surface area contributed by atoms with Crippen LogP contribution in [0.3, 0.4) is 0 Å². The molecular formula is C20H16ClN5O2. The van der Waals surface area contributed by atoms with E-state index in [1.807, 2.05) is 0 Å². The van der Waals surface area contributed by atoms with Crippen molar-refractivity contribution in [3.8, 4) is 11.8 Å². The van der Waals surface area contributed by atoms with Crippen LogP contribution < -0.4 is 15.4 Å². The zero-order valence-corrected chi connectivity index (χ0v) is 15.9. The Morgan fingerprint density at radius 2 is 1.82 bits per heavy atom. The second-order valence-electron chi connectivity index (χ2n) is 5.80. The van der Waals surface area contributed by atoms with Crippen LogP contribution in [0.2, 0.25) is 5.02 Å². The van der Waals surface area contributed by atoms with E-state index in [4.69, 9.17) is 21.6 Å². The number of ether oxygens (including phenoxy) is 1. The molecule has 0 aliphatic rings. The topological polar surface area (TPSA) is 99.9 Å². The lowest BCUT2D eigenvalue weighted by molar-refractivity contribution is 0.102. The Morgan fingerprint density at radius 3 is 2.46 bits per heavy atom. The molecule has 140 valence electrons. The summed E-state index contributed by atoms with van der Waals surface area (Å²) in [6.45, 7) is 1.70. The van der Waals surface area contributed by atoms with Gasteiger partial charge in [-0.2, -0.15) is 5.26 Å². The molecule has 3 rings (SSSR count). The first-order valence-electron chi connectivity index (χ1n) is 8.26. The van der Waals surface area contributed by atoms with E-state index in [-0.39, 0.29) is 5.69 Å². The molecule has 8 heteroatoms. The molecule has 1 aromatic heterocycles. The highest BCUT2D eigenvalue weighted by molar-refractivity contribution is 6.32. The van der Waals surface area contributed by atoms with Gasteiger partial charge < -0.3 is 15.4 Å². The lowest BCUT2D eigenvalue weighted by Crippen LogP contribution is -2.15. The number of anilines is 3. The van der Waals surface area contributed by atoms with E-state index >= 15 is 0 Å². The number of nitrogens with one attached hydrogen (secondary N) is 2. The number of hydrogen-bond donors (Lipinski definition) is 2. The third kappa shape index (κ3) is 4.55. The zero-order chi connectivity index (χ0) is 20.1. The average molecular weight is 394 g/mol. The molecule has 2 aromatic carbocycles. The fraction of sp³-hybridized carbons (Fsp3) is 0.100. The van der Waals surface area contributed by atoms with E-state index in [1.54, 1.807) is 55.5 Å². The van der Waals surface area contributed by atoms with Gasteiger partial charge in [0.15, 0.2) is 0 Å². The van der Waals surface area contributed by atoms with Crippen LogP contribution >= 0.6 is 11.6 Å². The summed E-state index contributed by atoms with van der Waals surface area (Å²) in [5.41, 5.74) is 2.03. The molecule has 0 bridgehead atoms. The fourth-order valence-electron chi connectivity index (χ4n) is 2.46. The number of benzene rings is 2. The Labute approximate surface area is 167 Å². The van der Waals surface area contributed by atoms with E-state index in [9.17, 15) is 4.79 Å². The van der Waals surface area contributed by atoms with E-state index in [1.165, 1.54) is 7.11 Å². The maximum atomic E-state index is 12.6. The predicted molar refractivity (Wildman–Crippen MR) is 107 cm³/mol. The van der Waals surface area contributed by atoms with Crippen molar-refractivity contribution in [2.75, 3.05) is 17.7 Å². The fourth-order valence-corrected chi connectivity index (χ4v) is 2.72. The number of hydrogen-bond acceptors (Lipinski definition) is 6. The summed E-state index contributed by atoms with van der Waals surface area (Å²) in [5.74, 6) is 1.03. The lowest BCUT2D eigenvalue weighted by atomic mass is 10.2. The quantitative estimate of drug-likeness (QED) is 0.669. The molecule has 1 amide bonds. The van der Waals surface area contributed by atoms with Gasteiger partial charge in [0.25, 0.3) is 5.91 Å². The van der Waals surface area contributed by atoms with Crippen LogP contribution in [0, 0.1) is 18.3 Å². The number of halogens is 1. The van der Waals surface area contributed by atoms with Gasteiger partial charge in [-0.1, -0.05) is 11.6 Å². The highest BCUT2D eigenvalue weighted by Gasteiger charge is 2.12. The highest BCUT2D eigenvalue weighted by atomic mass is 35.5. The summed E-state index contributed by atoms with van der Waals surface area (Å²) in [7, 11) is 1.52. The molecule has 3 aromatic rings. The molecule has 0 atom stereocenters. The second kappa shape index (κ2) is 8.37. The maximum Gasteiger partial charge on any atom is 0.274 e. The van der Waals surface area contributed by atoms with Gasteiger partial charge in [0.1, 0.15) is 23.1 Å². The number of aromatic nitrogens is 2. The van der Waals surface area contributed by atoms with Gasteiger partial charge in [-0.25, -0.2) is 9.97 Å². The molecule has 0 fully saturated rings. The van der Waals surface area contributed by atoms with Crippen molar-refractivity contribution in [2.45, 2.75) is 6.92 Å². The van der Waals surface area contributed by atoms with Crippen LogP contribution in [-0.2, 0) is 0 Å². The van der Waals surface area contributed by atoms with E-state index < -0.39 is 5.91 Å². The molecule has 0 radical (unpaired) electrons. The molecule has 0 spiro atoms. The van der Waals surface area contributed by atoms with E-state index in [0.29, 0.717) is 33.7 Å². The van der Waals surface area contributed by atoms with Crippen molar-refractivity contribution in [1.82, 2.24) is 9.97 Å². The van der Waals surface area contributed by atoms with Gasteiger partial charge in [0.2, 0.25) is 0 Å². The minimum absolute atomic E-state index is 0.204. The summed E-state index contributed by atoms with van der Waals surface area (Å²) in [6, 6.07) is 15.5. The van der Waals surface area contributed by atoms with Crippen LogP contribution in [0.4, 0.5) is 17.2 Å². The number of aryl methyl sites for hydroxylation is 1. The first-order chi connectivity index (χ1) is 13.5. The summed E-state index contributed by atoms with van der Waals surface area (Å²) >= 11 is 6.09. The number of carbonyl (C=O) groups excluding carboxylic acids is 1. The predicted octanol–water partition coefficient (Wildman–Crippen LogP) is 4.31. The molecule has 0 aliphatic carbocycles. The number of nitriles is 1. The van der Waals surface area contributed by atoms with Crippen molar-refractivity contribution >= 4 is 34.7 Å². The Balaban J connectivity index is 1.79. The number of carbonyl (C=O) groups is 1. The van der Waals surface area contributed by atoms with Crippen LogP contribution in [-0.4, -0.2) is 23.0 Å². The Bertz CT molecular complexity index is 1060. The Morgan fingerprint density at radius 1 is 1.11 bits per heavy atom. The van der Waals surface area contributed by atoms with Crippen molar-refractivity contribution < 1.29 is 9.53 Å². The van der Waals surface area contributed by atoms with Crippen molar-refractivity contribution in [1.29, 1.82) is 5.26 Å². The average Bonchev–Trinajstić information content (AvgIpc) is 2.68.